The van der Waals surface area contributed by atoms with Crippen molar-refractivity contribution >= 4 is 46.4 Å². The maximum absolute atomic E-state index is 12.3. The third-order valence-corrected chi connectivity index (χ3v) is 4.84. The van der Waals surface area contributed by atoms with Crippen LogP contribution in [0.3, 0.4) is 0 Å². The molecule has 1 aliphatic rings. The molecule has 0 saturated carbocycles. The molecule has 1 aromatic carbocycles. The van der Waals surface area contributed by atoms with E-state index in [1.54, 1.807) is 12.1 Å². The van der Waals surface area contributed by atoms with Crippen molar-refractivity contribution in [2.45, 2.75) is 19.8 Å². The molecule has 3 rings (SSSR count). The molecule has 1 aromatic heterocycles. The van der Waals surface area contributed by atoms with E-state index in [-0.39, 0.29) is 5.02 Å². The molecule has 1 amide bonds. The van der Waals surface area contributed by atoms with Crippen molar-refractivity contribution in [1.82, 2.24) is 15.4 Å². The molecule has 0 aliphatic carbocycles. The number of halogens is 2. The third kappa shape index (κ3) is 4.11. The molecule has 7 nitrogen and oxygen atoms in total. The Labute approximate surface area is 161 Å². The molecular formula is C17H20Cl2N6O. The van der Waals surface area contributed by atoms with Crippen molar-refractivity contribution in [3.8, 4) is 0 Å². The van der Waals surface area contributed by atoms with Crippen LogP contribution in [0.5, 0.6) is 0 Å². The maximum atomic E-state index is 12.3. The summed E-state index contributed by atoms with van der Waals surface area (Å²) in [7, 11) is 0. The number of rotatable bonds is 4. The Balaban J connectivity index is 1.72. The summed E-state index contributed by atoms with van der Waals surface area (Å²) in [5.74, 6) is 1.18. The molecule has 0 radical (unpaired) electrons. The van der Waals surface area contributed by atoms with Gasteiger partial charge in [0.05, 0.1) is 10.6 Å². The number of anilines is 3. The van der Waals surface area contributed by atoms with Crippen LogP contribution < -0.4 is 21.5 Å². The number of nitrogens with zero attached hydrogens (tertiary/aromatic N) is 3. The van der Waals surface area contributed by atoms with Crippen LogP contribution >= 0.6 is 23.2 Å². The van der Waals surface area contributed by atoms with E-state index in [2.05, 4.69) is 32.6 Å². The zero-order chi connectivity index (χ0) is 18.7. The van der Waals surface area contributed by atoms with Gasteiger partial charge in [0, 0.05) is 18.1 Å². The number of nitrogens with one attached hydrogen (secondary N) is 2. The molecule has 26 heavy (non-hydrogen) atoms. The van der Waals surface area contributed by atoms with E-state index in [0.717, 1.165) is 19.5 Å². The van der Waals surface area contributed by atoms with E-state index in [1.807, 2.05) is 0 Å². The van der Waals surface area contributed by atoms with Gasteiger partial charge in [-0.3, -0.25) is 15.6 Å². The number of nitrogen functional groups attached to an aromatic ring is 1. The number of carbonyl (C=O) groups is 1. The fourth-order valence-corrected chi connectivity index (χ4v) is 3.47. The monoisotopic (exact) mass is 394 g/mol. The van der Waals surface area contributed by atoms with Crippen LogP contribution in [0, 0.1) is 5.92 Å². The van der Waals surface area contributed by atoms with Crippen molar-refractivity contribution in [2.75, 3.05) is 29.1 Å². The van der Waals surface area contributed by atoms with Crippen molar-refractivity contribution < 1.29 is 4.79 Å². The number of carbonyl (C=O) groups excluding carboxylic acids is 1. The lowest BCUT2D eigenvalue weighted by atomic mass is 10.0. The highest BCUT2D eigenvalue weighted by molar-refractivity contribution is 6.36. The van der Waals surface area contributed by atoms with Crippen molar-refractivity contribution in [2.24, 2.45) is 5.92 Å². The first-order valence-electron chi connectivity index (χ1n) is 8.32. The van der Waals surface area contributed by atoms with E-state index in [4.69, 9.17) is 28.9 Å². The van der Waals surface area contributed by atoms with Crippen LogP contribution in [0.15, 0.2) is 24.5 Å². The summed E-state index contributed by atoms with van der Waals surface area (Å²) in [5, 5.41) is 0.718. The van der Waals surface area contributed by atoms with Gasteiger partial charge in [-0.25, -0.2) is 9.97 Å². The van der Waals surface area contributed by atoms with Crippen molar-refractivity contribution in [3.05, 3.63) is 40.1 Å². The molecule has 2 heterocycles. The van der Waals surface area contributed by atoms with Gasteiger partial charge in [-0.05, 0) is 37.0 Å². The SMILES string of the molecule is CC1CCCN(c2ncnc(NNC(=O)c3ccc(Cl)cc3Cl)c2N)C1. The minimum atomic E-state index is -0.419. The Hall–Kier alpha value is -2.25. The second kappa shape index (κ2) is 7.97. The van der Waals surface area contributed by atoms with Gasteiger partial charge in [-0.15, -0.1) is 0 Å². The summed E-state index contributed by atoms with van der Waals surface area (Å²) in [6.45, 7) is 4.00. The van der Waals surface area contributed by atoms with Gasteiger partial charge in [0.2, 0.25) is 0 Å². The fourth-order valence-electron chi connectivity index (χ4n) is 2.98. The topological polar surface area (TPSA) is 96.2 Å². The highest BCUT2D eigenvalue weighted by atomic mass is 35.5. The number of hydrogen-bond acceptors (Lipinski definition) is 6. The van der Waals surface area contributed by atoms with Gasteiger partial charge in [0.15, 0.2) is 11.6 Å². The largest absolute Gasteiger partial charge is 0.393 e. The van der Waals surface area contributed by atoms with Crippen molar-refractivity contribution in [3.63, 3.8) is 0 Å². The summed E-state index contributed by atoms with van der Waals surface area (Å²) in [4.78, 5) is 22.9. The molecule has 1 unspecified atom stereocenters. The van der Waals surface area contributed by atoms with E-state index < -0.39 is 5.91 Å². The highest BCUT2D eigenvalue weighted by Gasteiger charge is 2.21. The second-order valence-electron chi connectivity index (χ2n) is 6.36. The number of amides is 1. The number of aromatic nitrogens is 2. The van der Waals surface area contributed by atoms with Gasteiger partial charge in [-0.2, -0.15) is 0 Å². The van der Waals surface area contributed by atoms with E-state index >= 15 is 0 Å². The van der Waals surface area contributed by atoms with Gasteiger partial charge in [0.1, 0.15) is 12.0 Å². The van der Waals surface area contributed by atoms with Gasteiger partial charge in [-0.1, -0.05) is 30.1 Å². The third-order valence-electron chi connectivity index (χ3n) is 4.29. The fraction of sp³-hybridized carbons (Fsp3) is 0.353. The lowest BCUT2D eigenvalue weighted by Crippen LogP contribution is -2.36. The summed E-state index contributed by atoms with van der Waals surface area (Å²) in [6.07, 6.45) is 3.72. The number of piperidine rings is 1. The summed E-state index contributed by atoms with van der Waals surface area (Å²) >= 11 is 11.9. The molecule has 1 fully saturated rings. The van der Waals surface area contributed by atoms with Crippen LogP contribution in [0.25, 0.3) is 0 Å². The molecule has 0 bridgehead atoms. The average molecular weight is 395 g/mol. The standard InChI is InChI=1S/C17H20Cl2N6O/c1-10-3-2-6-25(8-10)16-14(20)15(21-9-22-16)23-24-17(26)12-5-4-11(18)7-13(12)19/h4-5,7,9-10H,2-3,6,8,20H2,1H3,(H,24,26)(H,21,22,23). The van der Waals surface area contributed by atoms with Crippen LogP contribution in [0.4, 0.5) is 17.3 Å². The van der Waals surface area contributed by atoms with Crippen molar-refractivity contribution in [1.29, 1.82) is 0 Å². The van der Waals surface area contributed by atoms with Crippen LogP contribution in [-0.4, -0.2) is 29.0 Å². The first-order chi connectivity index (χ1) is 12.5. The summed E-state index contributed by atoms with van der Waals surface area (Å²) in [6, 6.07) is 4.65. The molecule has 2 aromatic rings. The van der Waals surface area contributed by atoms with E-state index in [9.17, 15) is 4.79 Å². The lowest BCUT2D eigenvalue weighted by Gasteiger charge is -2.32. The Bertz CT molecular complexity index is 816. The highest BCUT2D eigenvalue weighted by Crippen LogP contribution is 2.29. The minimum absolute atomic E-state index is 0.260. The predicted molar refractivity (Wildman–Crippen MR) is 105 cm³/mol. The smallest absolute Gasteiger partial charge is 0.271 e. The number of hydrogen-bond donors (Lipinski definition) is 3. The lowest BCUT2D eigenvalue weighted by molar-refractivity contribution is 0.0962. The molecule has 9 heteroatoms. The predicted octanol–water partition coefficient (Wildman–Crippen LogP) is 3.36. The normalized spacial score (nSPS) is 17.0. The zero-order valence-electron chi connectivity index (χ0n) is 14.3. The molecule has 1 atom stereocenters. The van der Waals surface area contributed by atoms with E-state index in [1.165, 1.54) is 18.8 Å². The molecule has 138 valence electrons. The number of benzene rings is 1. The molecule has 4 N–H and O–H groups in total. The summed E-state index contributed by atoms with van der Waals surface area (Å²) in [5.41, 5.74) is 12.2. The Morgan fingerprint density at radius 2 is 2.15 bits per heavy atom. The quantitative estimate of drug-likeness (QED) is 0.687. The van der Waals surface area contributed by atoms with Crippen LogP contribution in [0.2, 0.25) is 10.0 Å². The van der Waals surface area contributed by atoms with Gasteiger partial charge < -0.3 is 10.6 Å². The first-order valence-corrected chi connectivity index (χ1v) is 9.08. The Morgan fingerprint density at radius 3 is 2.88 bits per heavy atom. The Morgan fingerprint density at radius 1 is 1.35 bits per heavy atom. The zero-order valence-corrected chi connectivity index (χ0v) is 15.8. The molecule has 1 aliphatic heterocycles. The van der Waals surface area contributed by atoms with Gasteiger partial charge >= 0.3 is 0 Å². The van der Waals surface area contributed by atoms with Crippen LogP contribution in [0.1, 0.15) is 30.1 Å². The van der Waals surface area contributed by atoms with E-state index in [0.29, 0.717) is 33.8 Å². The first kappa shape index (κ1) is 18.5. The average Bonchev–Trinajstić information content (AvgIpc) is 2.60. The number of nitrogens with two attached hydrogens (primary N) is 1. The minimum Gasteiger partial charge on any atom is -0.393 e. The molecule has 1 saturated heterocycles. The summed E-state index contributed by atoms with van der Waals surface area (Å²) < 4.78 is 0. The molecular weight excluding hydrogens is 375 g/mol. The maximum Gasteiger partial charge on any atom is 0.271 e. The number of hydrazine groups is 1. The Kier molecular flexibility index (Phi) is 5.68. The second-order valence-corrected chi connectivity index (χ2v) is 7.20. The molecule has 0 spiro atoms. The van der Waals surface area contributed by atoms with Gasteiger partial charge in [0.25, 0.3) is 5.91 Å². The van der Waals surface area contributed by atoms with Crippen LogP contribution in [-0.2, 0) is 0 Å².